The highest BCUT2D eigenvalue weighted by Gasteiger charge is 2.34. The molecule has 0 aromatic heterocycles. The van der Waals surface area contributed by atoms with Crippen LogP contribution in [0.3, 0.4) is 0 Å². The fourth-order valence-electron chi connectivity index (χ4n) is 2.39. The molecule has 2 atom stereocenters. The molecule has 1 rings (SSSR count). The van der Waals surface area contributed by atoms with E-state index in [0.29, 0.717) is 18.8 Å². The van der Waals surface area contributed by atoms with Gasteiger partial charge in [0.2, 0.25) is 0 Å². The van der Waals surface area contributed by atoms with E-state index in [0.717, 1.165) is 25.7 Å². The zero-order chi connectivity index (χ0) is 12.2. The van der Waals surface area contributed by atoms with E-state index in [1.807, 2.05) is 6.92 Å². The van der Waals surface area contributed by atoms with Crippen LogP contribution in [-0.2, 0) is 14.6 Å². The highest BCUT2D eigenvalue weighted by atomic mass is 32.2. The van der Waals surface area contributed by atoms with E-state index in [9.17, 15) is 13.2 Å². The maximum absolute atomic E-state index is 11.9. The molecule has 2 unspecified atom stereocenters. The van der Waals surface area contributed by atoms with Gasteiger partial charge >= 0.3 is 0 Å². The molecule has 1 aliphatic heterocycles. The molecule has 0 bridgehead atoms. The Morgan fingerprint density at radius 3 is 2.62 bits per heavy atom. The SMILES string of the molecule is CCCC(C)CC(=O)C1CCCCS1(=O)=O. The van der Waals surface area contributed by atoms with Crippen LogP contribution in [0.4, 0.5) is 0 Å². The highest BCUT2D eigenvalue weighted by Crippen LogP contribution is 2.23. The first kappa shape index (κ1) is 13.7. The fraction of sp³-hybridized carbons (Fsp3) is 0.917. The van der Waals surface area contributed by atoms with Crippen LogP contribution in [0.2, 0.25) is 0 Å². The summed E-state index contributed by atoms with van der Waals surface area (Å²) < 4.78 is 23.5. The van der Waals surface area contributed by atoms with Crippen LogP contribution in [0.1, 0.15) is 52.4 Å². The Labute approximate surface area is 98.5 Å². The fourth-order valence-corrected chi connectivity index (χ4v) is 4.30. The summed E-state index contributed by atoms with van der Waals surface area (Å²) in [7, 11) is -3.13. The molecule has 0 aromatic rings. The first-order valence-corrected chi connectivity index (χ1v) is 7.93. The first-order valence-electron chi connectivity index (χ1n) is 6.21. The van der Waals surface area contributed by atoms with E-state index in [1.165, 1.54) is 0 Å². The summed E-state index contributed by atoms with van der Waals surface area (Å²) in [6.07, 6.45) is 4.61. The van der Waals surface area contributed by atoms with Crippen LogP contribution in [0.15, 0.2) is 0 Å². The van der Waals surface area contributed by atoms with Crippen molar-refractivity contribution in [1.82, 2.24) is 0 Å². The topological polar surface area (TPSA) is 51.2 Å². The highest BCUT2D eigenvalue weighted by molar-refractivity contribution is 7.92. The summed E-state index contributed by atoms with van der Waals surface area (Å²) in [6, 6.07) is 0. The molecule has 0 N–H and O–H groups in total. The smallest absolute Gasteiger partial charge is 0.160 e. The summed E-state index contributed by atoms with van der Waals surface area (Å²) in [5.74, 6) is 0.459. The molecule has 3 nitrogen and oxygen atoms in total. The van der Waals surface area contributed by atoms with Crippen molar-refractivity contribution in [2.24, 2.45) is 5.92 Å². The Morgan fingerprint density at radius 2 is 2.06 bits per heavy atom. The average molecular weight is 246 g/mol. The van der Waals surface area contributed by atoms with Crippen LogP contribution in [-0.4, -0.2) is 25.2 Å². The van der Waals surface area contributed by atoms with Gasteiger partial charge < -0.3 is 0 Å². The van der Waals surface area contributed by atoms with E-state index in [-0.39, 0.29) is 11.5 Å². The third-order valence-corrected chi connectivity index (χ3v) is 5.49. The lowest BCUT2D eigenvalue weighted by Crippen LogP contribution is -2.36. The predicted molar refractivity (Wildman–Crippen MR) is 65.1 cm³/mol. The van der Waals surface area contributed by atoms with E-state index < -0.39 is 15.1 Å². The van der Waals surface area contributed by atoms with Gasteiger partial charge in [0, 0.05) is 6.42 Å². The third-order valence-electron chi connectivity index (χ3n) is 3.27. The summed E-state index contributed by atoms with van der Waals surface area (Å²) in [5.41, 5.74) is 0. The summed E-state index contributed by atoms with van der Waals surface area (Å²) in [6.45, 7) is 4.11. The number of rotatable bonds is 5. The van der Waals surface area contributed by atoms with Gasteiger partial charge in [-0.25, -0.2) is 8.42 Å². The first-order chi connectivity index (χ1) is 7.47. The Morgan fingerprint density at radius 1 is 1.38 bits per heavy atom. The molecule has 0 radical (unpaired) electrons. The molecule has 0 aromatic carbocycles. The maximum atomic E-state index is 11.9. The maximum Gasteiger partial charge on any atom is 0.160 e. The molecule has 1 fully saturated rings. The minimum Gasteiger partial charge on any atom is -0.298 e. The lowest BCUT2D eigenvalue weighted by Gasteiger charge is -2.22. The normalized spacial score (nSPS) is 26.2. The Hall–Kier alpha value is -0.380. The van der Waals surface area contributed by atoms with Crippen molar-refractivity contribution in [2.45, 2.75) is 57.6 Å². The van der Waals surface area contributed by atoms with Crippen LogP contribution in [0.25, 0.3) is 0 Å². The van der Waals surface area contributed by atoms with Crippen molar-refractivity contribution in [1.29, 1.82) is 0 Å². The summed E-state index contributed by atoms with van der Waals surface area (Å²) in [4.78, 5) is 11.9. The van der Waals surface area contributed by atoms with Crippen LogP contribution < -0.4 is 0 Å². The second-order valence-electron chi connectivity index (χ2n) is 4.92. The minimum absolute atomic E-state index is 0.0550. The van der Waals surface area contributed by atoms with Crippen molar-refractivity contribution in [2.75, 3.05) is 5.75 Å². The Balaban J connectivity index is 2.59. The lowest BCUT2D eigenvalue weighted by atomic mass is 9.97. The van der Waals surface area contributed by atoms with Crippen LogP contribution in [0.5, 0.6) is 0 Å². The van der Waals surface area contributed by atoms with Crippen molar-refractivity contribution in [3.63, 3.8) is 0 Å². The van der Waals surface area contributed by atoms with Crippen molar-refractivity contribution < 1.29 is 13.2 Å². The largest absolute Gasteiger partial charge is 0.298 e. The molecule has 1 aliphatic rings. The molecule has 1 saturated heterocycles. The van der Waals surface area contributed by atoms with Gasteiger partial charge in [0.1, 0.15) is 5.25 Å². The van der Waals surface area contributed by atoms with Crippen molar-refractivity contribution >= 4 is 15.6 Å². The van der Waals surface area contributed by atoms with Gasteiger partial charge in [-0.05, 0) is 18.8 Å². The van der Waals surface area contributed by atoms with Crippen molar-refractivity contribution in [3.8, 4) is 0 Å². The van der Waals surface area contributed by atoms with E-state index in [4.69, 9.17) is 0 Å². The third kappa shape index (κ3) is 3.58. The number of ketones is 1. The second kappa shape index (κ2) is 5.80. The molecule has 0 saturated carbocycles. The molecule has 0 aliphatic carbocycles. The zero-order valence-corrected chi connectivity index (χ0v) is 11.1. The van der Waals surface area contributed by atoms with Crippen molar-refractivity contribution in [3.05, 3.63) is 0 Å². The van der Waals surface area contributed by atoms with E-state index in [1.54, 1.807) is 0 Å². The number of Topliss-reactive ketones (excluding diaryl/α,β-unsaturated/α-hetero) is 1. The molecule has 1 heterocycles. The number of carbonyl (C=O) groups excluding carboxylic acids is 1. The van der Waals surface area contributed by atoms with E-state index in [2.05, 4.69) is 6.92 Å². The summed E-state index contributed by atoms with van der Waals surface area (Å²) >= 11 is 0. The van der Waals surface area contributed by atoms with Gasteiger partial charge in [-0.15, -0.1) is 0 Å². The molecule has 94 valence electrons. The lowest BCUT2D eigenvalue weighted by molar-refractivity contribution is -0.119. The van der Waals surface area contributed by atoms with Crippen LogP contribution >= 0.6 is 0 Å². The molecule has 0 amide bonds. The van der Waals surface area contributed by atoms with Gasteiger partial charge in [0.25, 0.3) is 0 Å². The van der Waals surface area contributed by atoms with Crippen LogP contribution in [0, 0.1) is 5.92 Å². The van der Waals surface area contributed by atoms with Gasteiger partial charge in [-0.3, -0.25) is 4.79 Å². The molecular formula is C12H22O3S. The Bertz CT molecular complexity index is 332. The second-order valence-corrected chi connectivity index (χ2v) is 7.22. The predicted octanol–water partition coefficient (Wildman–Crippen LogP) is 2.35. The van der Waals surface area contributed by atoms with Gasteiger partial charge in [0.15, 0.2) is 15.6 Å². The molecular weight excluding hydrogens is 224 g/mol. The summed E-state index contributed by atoms with van der Waals surface area (Å²) in [5, 5.41) is -0.694. The molecule has 0 spiro atoms. The Kier molecular flexibility index (Phi) is 4.96. The molecule has 4 heteroatoms. The van der Waals surface area contributed by atoms with E-state index >= 15 is 0 Å². The zero-order valence-electron chi connectivity index (χ0n) is 10.2. The molecule has 16 heavy (non-hydrogen) atoms. The van der Waals surface area contributed by atoms with Gasteiger partial charge in [0.05, 0.1) is 5.75 Å². The van der Waals surface area contributed by atoms with Gasteiger partial charge in [-0.1, -0.05) is 33.1 Å². The minimum atomic E-state index is -3.13. The average Bonchev–Trinajstić information content (AvgIpc) is 2.16. The standard InChI is InChI=1S/C12H22O3S/c1-3-6-10(2)9-11(13)12-7-4-5-8-16(12,14)15/h10,12H,3-9H2,1-2H3. The van der Waals surface area contributed by atoms with Gasteiger partial charge in [-0.2, -0.15) is 0 Å². The quantitative estimate of drug-likeness (QED) is 0.748. The number of hydrogen-bond donors (Lipinski definition) is 0. The number of hydrogen-bond acceptors (Lipinski definition) is 3. The monoisotopic (exact) mass is 246 g/mol. The number of carbonyl (C=O) groups is 1. The number of sulfone groups is 1.